The predicted molar refractivity (Wildman–Crippen MR) is 247 cm³/mol. The third-order valence-electron chi connectivity index (χ3n) is 12.5. The second-order valence-electron chi connectivity index (χ2n) is 16.4. The zero-order chi connectivity index (χ0) is 40.0. The third-order valence-corrected chi connectivity index (χ3v) is 12.5. The standard InChI is InChI=1S/C56H38N2O2/c1-56(2)48-20-12-11-19-44(48)45-28-27-42(34-49(45)56)58(41-25-21-36(22-26-41)35-13-5-3-6-14-35)53-43-18-10-9-17-40(43)32-47-46-31-38(24-30-51(46)59-54(47)53)39-23-29-50-52(33-39)60-55(57-50)37-15-7-4-8-16-37/h3-34H,1-2H3. The fraction of sp³-hybridized carbons (Fsp3) is 0.0536. The van der Waals surface area contributed by atoms with E-state index in [2.05, 4.69) is 176 Å². The number of hydrogen-bond acceptors (Lipinski definition) is 4. The first-order chi connectivity index (χ1) is 29.5. The molecule has 0 saturated carbocycles. The van der Waals surface area contributed by atoms with Gasteiger partial charge in [-0.1, -0.05) is 141 Å². The van der Waals surface area contributed by atoms with E-state index in [-0.39, 0.29) is 5.41 Å². The van der Waals surface area contributed by atoms with E-state index < -0.39 is 0 Å². The van der Waals surface area contributed by atoms with E-state index in [0.29, 0.717) is 5.89 Å². The predicted octanol–water partition coefficient (Wildman–Crippen LogP) is 15.7. The largest absolute Gasteiger partial charge is 0.454 e. The van der Waals surface area contributed by atoms with Gasteiger partial charge in [0, 0.05) is 38.5 Å². The minimum absolute atomic E-state index is 0.160. The third kappa shape index (κ3) is 5.34. The SMILES string of the molecule is CC1(C)c2ccccc2-c2ccc(N(c3ccc(-c4ccccc4)cc3)c3c4ccccc4cc4c3oc3ccc(-c5ccc6nc(-c7ccccc7)oc6c5)cc34)cc21. The van der Waals surface area contributed by atoms with Gasteiger partial charge in [0.05, 0.1) is 5.69 Å². The molecule has 2 heterocycles. The Kier molecular flexibility index (Phi) is 7.54. The molecule has 0 saturated heterocycles. The number of fused-ring (bicyclic) bond motifs is 8. The molecule has 1 aliphatic carbocycles. The summed E-state index contributed by atoms with van der Waals surface area (Å²) >= 11 is 0. The molecule has 4 nitrogen and oxygen atoms in total. The van der Waals surface area contributed by atoms with Crippen molar-refractivity contribution >= 4 is 60.9 Å². The van der Waals surface area contributed by atoms with Gasteiger partial charge >= 0.3 is 0 Å². The lowest BCUT2D eigenvalue weighted by Crippen LogP contribution is -2.16. The van der Waals surface area contributed by atoms with E-state index >= 15 is 0 Å². The van der Waals surface area contributed by atoms with E-state index in [9.17, 15) is 0 Å². The summed E-state index contributed by atoms with van der Waals surface area (Å²) in [6, 6.07) is 69.1. The maximum atomic E-state index is 7.04. The van der Waals surface area contributed by atoms with E-state index in [4.69, 9.17) is 13.8 Å². The molecule has 284 valence electrons. The summed E-state index contributed by atoms with van der Waals surface area (Å²) in [5, 5.41) is 4.38. The molecule has 0 bridgehead atoms. The van der Waals surface area contributed by atoms with Crippen LogP contribution in [0.1, 0.15) is 25.0 Å². The highest BCUT2D eigenvalue weighted by Gasteiger charge is 2.36. The molecule has 0 unspecified atom stereocenters. The average Bonchev–Trinajstić information content (AvgIpc) is 3.97. The van der Waals surface area contributed by atoms with Crippen LogP contribution < -0.4 is 4.90 Å². The maximum absolute atomic E-state index is 7.04. The second kappa shape index (κ2) is 13.2. The number of hydrogen-bond donors (Lipinski definition) is 0. The molecule has 11 aromatic rings. The first-order valence-electron chi connectivity index (χ1n) is 20.5. The molecule has 1 aliphatic rings. The lowest BCUT2D eigenvalue weighted by Gasteiger charge is -2.29. The van der Waals surface area contributed by atoms with E-state index in [0.717, 1.165) is 77.6 Å². The van der Waals surface area contributed by atoms with Gasteiger partial charge in [-0.05, 0) is 117 Å². The molecule has 0 spiro atoms. The van der Waals surface area contributed by atoms with Crippen molar-refractivity contribution in [3.8, 4) is 44.8 Å². The van der Waals surface area contributed by atoms with Crippen LogP contribution in [0.4, 0.5) is 17.1 Å². The molecule has 60 heavy (non-hydrogen) atoms. The Balaban J connectivity index is 1.06. The number of aromatic nitrogens is 1. The number of oxazole rings is 1. The van der Waals surface area contributed by atoms with Crippen LogP contribution in [0.5, 0.6) is 0 Å². The number of nitrogens with zero attached hydrogens (tertiary/aromatic N) is 2. The van der Waals surface area contributed by atoms with Gasteiger partial charge in [0.2, 0.25) is 5.89 Å². The topological polar surface area (TPSA) is 42.4 Å². The fourth-order valence-corrected chi connectivity index (χ4v) is 9.43. The summed E-state index contributed by atoms with van der Waals surface area (Å²) in [4.78, 5) is 7.18. The van der Waals surface area contributed by atoms with Crippen LogP contribution in [0, 0.1) is 0 Å². The number of benzene rings is 9. The Morgan fingerprint density at radius 1 is 0.433 bits per heavy atom. The Bertz CT molecular complexity index is 3450. The Morgan fingerprint density at radius 3 is 1.92 bits per heavy atom. The molecule has 2 aromatic heterocycles. The van der Waals surface area contributed by atoms with Crippen molar-refractivity contribution in [2.24, 2.45) is 0 Å². The fourth-order valence-electron chi connectivity index (χ4n) is 9.43. The Hall–Kier alpha value is -7.69. The summed E-state index contributed by atoms with van der Waals surface area (Å²) in [7, 11) is 0. The summed E-state index contributed by atoms with van der Waals surface area (Å²) < 4.78 is 13.3. The van der Waals surface area contributed by atoms with Gasteiger partial charge in [-0.3, -0.25) is 0 Å². The highest BCUT2D eigenvalue weighted by Crippen LogP contribution is 2.52. The second-order valence-corrected chi connectivity index (χ2v) is 16.4. The first kappa shape index (κ1) is 34.4. The van der Waals surface area contributed by atoms with Gasteiger partial charge < -0.3 is 13.7 Å². The molecule has 12 rings (SSSR count). The number of anilines is 3. The van der Waals surface area contributed by atoms with Crippen molar-refractivity contribution in [2.75, 3.05) is 4.90 Å². The molecular formula is C56H38N2O2. The maximum Gasteiger partial charge on any atom is 0.227 e. The monoisotopic (exact) mass is 770 g/mol. The van der Waals surface area contributed by atoms with Crippen molar-refractivity contribution in [1.29, 1.82) is 0 Å². The minimum Gasteiger partial charge on any atom is -0.454 e. The van der Waals surface area contributed by atoms with Crippen LogP contribution in [0.3, 0.4) is 0 Å². The quantitative estimate of drug-likeness (QED) is 0.169. The molecule has 0 atom stereocenters. The van der Waals surface area contributed by atoms with Crippen molar-refractivity contribution in [3.05, 3.63) is 205 Å². The highest BCUT2D eigenvalue weighted by molar-refractivity contribution is 6.20. The summed E-state index contributed by atoms with van der Waals surface area (Å²) in [6.07, 6.45) is 0. The minimum atomic E-state index is -0.160. The normalized spacial score (nSPS) is 13.0. The van der Waals surface area contributed by atoms with Crippen LogP contribution in [0.15, 0.2) is 203 Å². The number of furan rings is 1. The molecule has 0 fully saturated rings. The van der Waals surface area contributed by atoms with Crippen LogP contribution in [0.2, 0.25) is 0 Å². The molecule has 0 radical (unpaired) electrons. The molecular weight excluding hydrogens is 733 g/mol. The zero-order valence-electron chi connectivity index (χ0n) is 33.2. The van der Waals surface area contributed by atoms with Crippen LogP contribution in [0.25, 0.3) is 88.6 Å². The van der Waals surface area contributed by atoms with Gasteiger partial charge in [-0.25, -0.2) is 4.98 Å². The van der Waals surface area contributed by atoms with Crippen molar-refractivity contribution < 1.29 is 8.83 Å². The molecule has 4 heteroatoms. The molecule has 0 amide bonds. The lowest BCUT2D eigenvalue weighted by atomic mass is 9.82. The average molecular weight is 771 g/mol. The Morgan fingerprint density at radius 2 is 1.08 bits per heavy atom. The summed E-state index contributed by atoms with van der Waals surface area (Å²) in [6.45, 7) is 4.69. The van der Waals surface area contributed by atoms with Gasteiger partial charge in [0.1, 0.15) is 11.1 Å². The van der Waals surface area contributed by atoms with Crippen molar-refractivity contribution in [2.45, 2.75) is 19.3 Å². The van der Waals surface area contributed by atoms with Crippen LogP contribution in [-0.2, 0) is 5.41 Å². The van der Waals surface area contributed by atoms with Gasteiger partial charge in [0.15, 0.2) is 11.2 Å². The smallest absolute Gasteiger partial charge is 0.227 e. The first-order valence-corrected chi connectivity index (χ1v) is 20.5. The van der Waals surface area contributed by atoms with Crippen molar-refractivity contribution in [1.82, 2.24) is 4.98 Å². The van der Waals surface area contributed by atoms with E-state index in [1.54, 1.807) is 0 Å². The molecule has 9 aromatic carbocycles. The van der Waals surface area contributed by atoms with Gasteiger partial charge in [-0.15, -0.1) is 0 Å². The van der Waals surface area contributed by atoms with Gasteiger partial charge in [-0.2, -0.15) is 0 Å². The Labute approximate surface area is 347 Å². The molecule has 0 aliphatic heterocycles. The lowest BCUT2D eigenvalue weighted by molar-refractivity contribution is 0.620. The van der Waals surface area contributed by atoms with Crippen LogP contribution in [-0.4, -0.2) is 4.98 Å². The zero-order valence-corrected chi connectivity index (χ0v) is 33.2. The summed E-state index contributed by atoms with van der Waals surface area (Å²) in [5.74, 6) is 0.620. The van der Waals surface area contributed by atoms with Crippen molar-refractivity contribution in [3.63, 3.8) is 0 Å². The van der Waals surface area contributed by atoms with Gasteiger partial charge in [0.25, 0.3) is 0 Å². The number of rotatable bonds is 6. The molecule has 0 N–H and O–H groups in total. The van der Waals surface area contributed by atoms with E-state index in [1.165, 1.54) is 33.4 Å². The summed E-state index contributed by atoms with van der Waals surface area (Å²) in [5.41, 5.74) is 17.0. The highest BCUT2D eigenvalue weighted by atomic mass is 16.3. The van der Waals surface area contributed by atoms with Crippen LogP contribution >= 0.6 is 0 Å². The van der Waals surface area contributed by atoms with E-state index in [1.807, 2.05) is 36.4 Å².